The molecule has 0 unspecified atom stereocenters. The van der Waals surface area contributed by atoms with Crippen LogP contribution >= 0.6 is 0 Å². The Hall–Kier alpha value is -3.12. The van der Waals surface area contributed by atoms with Gasteiger partial charge < -0.3 is 19.5 Å². The second kappa shape index (κ2) is 11.0. The van der Waals surface area contributed by atoms with E-state index in [2.05, 4.69) is 6.92 Å². The molecule has 1 amide bonds. The topological polar surface area (TPSA) is 76.1 Å². The van der Waals surface area contributed by atoms with Gasteiger partial charge in [0.1, 0.15) is 11.5 Å². The lowest BCUT2D eigenvalue weighted by Crippen LogP contribution is -2.31. The number of ketones is 1. The maximum Gasteiger partial charge on any atom is 0.295 e. The van der Waals surface area contributed by atoms with Gasteiger partial charge in [-0.2, -0.15) is 0 Å². The van der Waals surface area contributed by atoms with E-state index in [-0.39, 0.29) is 11.3 Å². The number of ether oxygens (including phenoxy) is 2. The number of aliphatic hydroxyl groups is 1. The molecule has 2 aromatic rings. The summed E-state index contributed by atoms with van der Waals surface area (Å²) in [5, 5.41) is 11.2. The van der Waals surface area contributed by atoms with Crippen molar-refractivity contribution in [3.05, 3.63) is 70.8 Å². The predicted octanol–water partition coefficient (Wildman–Crippen LogP) is 4.63. The van der Waals surface area contributed by atoms with Gasteiger partial charge in [0.15, 0.2) is 0 Å². The van der Waals surface area contributed by atoms with Crippen LogP contribution in [0.25, 0.3) is 5.76 Å². The third-order valence-electron chi connectivity index (χ3n) is 5.61. The Bertz CT molecular complexity index is 983. The first-order chi connectivity index (χ1) is 15.5. The number of aryl methyl sites for hydroxylation is 1. The molecule has 0 spiro atoms. The number of amides is 1. The van der Waals surface area contributed by atoms with E-state index in [1.807, 2.05) is 37.3 Å². The van der Waals surface area contributed by atoms with E-state index in [9.17, 15) is 14.7 Å². The number of rotatable bonds is 10. The van der Waals surface area contributed by atoms with E-state index >= 15 is 0 Å². The van der Waals surface area contributed by atoms with Crippen molar-refractivity contribution >= 4 is 17.4 Å². The highest BCUT2D eigenvalue weighted by atomic mass is 16.5. The number of hydrogen-bond acceptors (Lipinski definition) is 5. The van der Waals surface area contributed by atoms with Crippen molar-refractivity contribution < 1.29 is 24.2 Å². The van der Waals surface area contributed by atoms with Gasteiger partial charge in [-0.1, -0.05) is 43.7 Å². The Balaban J connectivity index is 2.01. The molecule has 170 valence electrons. The second-order valence-electron chi connectivity index (χ2n) is 7.93. The van der Waals surface area contributed by atoms with Crippen molar-refractivity contribution in [1.82, 2.24) is 4.90 Å². The molecule has 1 fully saturated rings. The zero-order valence-electron chi connectivity index (χ0n) is 19.0. The van der Waals surface area contributed by atoms with Gasteiger partial charge in [-0.3, -0.25) is 9.59 Å². The highest BCUT2D eigenvalue weighted by Gasteiger charge is 2.45. The first-order valence-electron chi connectivity index (χ1n) is 11.1. The number of likely N-dealkylation sites (tertiary alicyclic amines) is 1. The third-order valence-corrected chi connectivity index (χ3v) is 5.61. The van der Waals surface area contributed by atoms with Gasteiger partial charge in [0.2, 0.25) is 0 Å². The maximum absolute atomic E-state index is 13.0. The van der Waals surface area contributed by atoms with Crippen LogP contribution in [0.2, 0.25) is 0 Å². The van der Waals surface area contributed by atoms with Crippen LogP contribution in [0.15, 0.2) is 54.1 Å². The van der Waals surface area contributed by atoms with E-state index in [1.54, 1.807) is 25.3 Å². The number of benzene rings is 2. The van der Waals surface area contributed by atoms with Crippen LogP contribution in [0.1, 0.15) is 48.9 Å². The molecule has 0 aliphatic carbocycles. The summed E-state index contributed by atoms with van der Waals surface area (Å²) in [7, 11) is 1.60. The molecule has 0 saturated carbocycles. The van der Waals surface area contributed by atoms with Crippen molar-refractivity contribution in [3.63, 3.8) is 0 Å². The second-order valence-corrected chi connectivity index (χ2v) is 7.93. The van der Waals surface area contributed by atoms with E-state index in [0.29, 0.717) is 31.7 Å². The molecule has 1 heterocycles. The van der Waals surface area contributed by atoms with Gasteiger partial charge in [-0.15, -0.1) is 0 Å². The summed E-state index contributed by atoms with van der Waals surface area (Å²) in [5.41, 5.74) is 2.23. The number of aliphatic hydroxyl groups excluding tert-OH is 1. The average Bonchev–Trinajstić information content (AvgIpc) is 3.05. The highest BCUT2D eigenvalue weighted by molar-refractivity contribution is 6.46. The minimum atomic E-state index is -0.672. The normalized spacial score (nSPS) is 17.7. The highest BCUT2D eigenvalue weighted by Crippen LogP contribution is 2.39. The standard InChI is InChI=1S/C26H31NO5/c1-4-5-16-32-21-13-12-20(17-18(21)2)24(28)22-23(19-10-7-6-8-11-19)27(14-9-15-31-3)26(30)25(22)29/h6-8,10-13,17,23,28H,4-5,9,14-16H2,1-3H3/t23-/m0/s1. The summed E-state index contributed by atoms with van der Waals surface area (Å²) in [6.07, 6.45) is 2.60. The molecule has 6 heteroatoms. The molecule has 32 heavy (non-hydrogen) atoms. The van der Waals surface area contributed by atoms with Crippen LogP contribution in [0.4, 0.5) is 0 Å². The van der Waals surface area contributed by atoms with Crippen LogP contribution in [0.5, 0.6) is 5.75 Å². The van der Waals surface area contributed by atoms with Gasteiger partial charge in [0.05, 0.1) is 18.2 Å². The Morgan fingerprint density at radius 2 is 1.81 bits per heavy atom. The van der Waals surface area contributed by atoms with Crippen LogP contribution in [0, 0.1) is 6.92 Å². The number of unbranched alkanes of at least 4 members (excludes halogenated alkanes) is 1. The lowest BCUT2D eigenvalue weighted by molar-refractivity contribution is -0.140. The predicted molar refractivity (Wildman–Crippen MR) is 124 cm³/mol. The summed E-state index contributed by atoms with van der Waals surface area (Å²) in [6.45, 7) is 5.46. The number of methoxy groups -OCH3 is 1. The lowest BCUT2D eigenvalue weighted by Gasteiger charge is -2.25. The molecule has 0 aromatic heterocycles. The molecule has 0 bridgehead atoms. The van der Waals surface area contributed by atoms with Crippen molar-refractivity contribution in [2.75, 3.05) is 26.9 Å². The van der Waals surface area contributed by atoms with Crippen LogP contribution in [-0.4, -0.2) is 48.6 Å². The Labute approximate surface area is 189 Å². The minimum absolute atomic E-state index is 0.109. The quantitative estimate of drug-likeness (QED) is 0.254. The first-order valence-corrected chi connectivity index (χ1v) is 11.1. The monoisotopic (exact) mass is 437 g/mol. The molecular weight excluding hydrogens is 406 g/mol. The van der Waals surface area contributed by atoms with Gasteiger partial charge >= 0.3 is 0 Å². The number of nitrogens with zero attached hydrogens (tertiary/aromatic N) is 1. The largest absolute Gasteiger partial charge is 0.507 e. The molecule has 1 saturated heterocycles. The number of carbonyl (C=O) groups is 2. The zero-order chi connectivity index (χ0) is 23.1. The molecular formula is C26H31NO5. The van der Waals surface area contributed by atoms with Crippen molar-refractivity contribution in [3.8, 4) is 5.75 Å². The third kappa shape index (κ3) is 5.02. The number of hydrogen-bond donors (Lipinski definition) is 1. The SMILES string of the molecule is CCCCOc1ccc(C(O)=C2C(=O)C(=O)N(CCCOC)[C@H]2c2ccccc2)cc1C. The summed E-state index contributed by atoms with van der Waals surface area (Å²) >= 11 is 0. The number of Topliss-reactive ketones (excluding diaryl/α,β-unsaturated/α-hetero) is 1. The fourth-order valence-electron chi connectivity index (χ4n) is 3.91. The van der Waals surface area contributed by atoms with Gasteiger partial charge in [0, 0.05) is 25.8 Å². The molecule has 1 aliphatic rings. The molecule has 3 rings (SSSR count). The summed E-state index contributed by atoms with van der Waals surface area (Å²) in [4.78, 5) is 27.4. The van der Waals surface area contributed by atoms with Crippen molar-refractivity contribution in [2.24, 2.45) is 0 Å². The van der Waals surface area contributed by atoms with Gasteiger partial charge in [-0.25, -0.2) is 0 Å². The summed E-state index contributed by atoms with van der Waals surface area (Å²) < 4.78 is 10.9. The average molecular weight is 438 g/mol. The van der Waals surface area contributed by atoms with Crippen LogP contribution < -0.4 is 4.74 Å². The Morgan fingerprint density at radius 3 is 2.47 bits per heavy atom. The zero-order valence-corrected chi connectivity index (χ0v) is 19.0. The van der Waals surface area contributed by atoms with Gasteiger partial charge in [-0.05, 0) is 49.1 Å². The van der Waals surface area contributed by atoms with Crippen LogP contribution in [-0.2, 0) is 14.3 Å². The molecule has 2 aromatic carbocycles. The minimum Gasteiger partial charge on any atom is -0.507 e. The fraction of sp³-hybridized carbons (Fsp3) is 0.385. The smallest absolute Gasteiger partial charge is 0.295 e. The van der Waals surface area contributed by atoms with Gasteiger partial charge in [0.25, 0.3) is 11.7 Å². The number of carbonyl (C=O) groups excluding carboxylic acids is 2. The summed E-state index contributed by atoms with van der Waals surface area (Å²) in [6, 6.07) is 14.0. The van der Waals surface area contributed by atoms with Crippen LogP contribution in [0.3, 0.4) is 0 Å². The van der Waals surface area contributed by atoms with E-state index in [4.69, 9.17) is 9.47 Å². The molecule has 0 radical (unpaired) electrons. The van der Waals surface area contributed by atoms with Crippen molar-refractivity contribution in [2.45, 2.75) is 39.2 Å². The molecule has 1 atom stereocenters. The molecule has 1 aliphatic heterocycles. The van der Waals surface area contributed by atoms with E-state index in [1.165, 1.54) is 4.90 Å². The van der Waals surface area contributed by atoms with E-state index in [0.717, 1.165) is 29.7 Å². The lowest BCUT2D eigenvalue weighted by atomic mass is 9.95. The Kier molecular flexibility index (Phi) is 8.06. The summed E-state index contributed by atoms with van der Waals surface area (Å²) in [5.74, 6) is -0.702. The Morgan fingerprint density at radius 1 is 1.06 bits per heavy atom. The van der Waals surface area contributed by atoms with Crippen molar-refractivity contribution in [1.29, 1.82) is 0 Å². The fourth-order valence-corrected chi connectivity index (χ4v) is 3.91. The first kappa shape index (κ1) is 23.5. The molecule has 6 nitrogen and oxygen atoms in total. The van der Waals surface area contributed by atoms with E-state index < -0.39 is 17.7 Å². The molecule has 1 N–H and O–H groups in total. The maximum atomic E-state index is 13.0.